The fourth-order valence-electron chi connectivity index (χ4n) is 2.18. The molecule has 0 spiro atoms. The maximum absolute atomic E-state index is 11.4. The number of methoxy groups -OCH3 is 1. The first-order chi connectivity index (χ1) is 9.72. The number of hydrogen-bond donors (Lipinski definition) is 2. The van der Waals surface area contributed by atoms with Gasteiger partial charge in [0.2, 0.25) is 5.91 Å². The SMILES string of the molecule is COc1ccc(CN2CCNC(=O)C2)cc1C#CCN. The molecule has 0 saturated carbocycles. The van der Waals surface area contributed by atoms with E-state index in [2.05, 4.69) is 22.1 Å². The minimum Gasteiger partial charge on any atom is -0.495 e. The van der Waals surface area contributed by atoms with Crippen LogP contribution in [0.1, 0.15) is 11.1 Å². The summed E-state index contributed by atoms with van der Waals surface area (Å²) in [4.78, 5) is 13.5. The van der Waals surface area contributed by atoms with E-state index in [1.54, 1.807) is 7.11 Å². The molecule has 1 aliphatic rings. The van der Waals surface area contributed by atoms with E-state index >= 15 is 0 Å². The number of carbonyl (C=O) groups is 1. The third kappa shape index (κ3) is 3.73. The standard InChI is InChI=1S/C15H19N3O2/c1-20-14-5-4-12(9-13(14)3-2-6-16)10-18-8-7-17-15(19)11-18/h4-5,9H,6-8,10-11,16H2,1H3,(H,17,19). The number of rotatable bonds is 3. The van der Waals surface area contributed by atoms with Crippen LogP contribution in [0.15, 0.2) is 18.2 Å². The highest BCUT2D eigenvalue weighted by molar-refractivity contribution is 5.78. The summed E-state index contributed by atoms with van der Waals surface area (Å²) in [6, 6.07) is 5.90. The van der Waals surface area contributed by atoms with Crippen LogP contribution < -0.4 is 15.8 Å². The summed E-state index contributed by atoms with van der Waals surface area (Å²) in [6.45, 7) is 3.06. The Morgan fingerprint density at radius 3 is 3.05 bits per heavy atom. The van der Waals surface area contributed by atoms with Crippen LogP contribution in [0.3, 0.4) is 0 Å². The molecule has 1 heterocycles. The van der Waals surface area contributed by atoms with E-state index in [4.69, 9.17) is 10.5 Å². The van der Waals surface area contributed by atoms with Gasteiger partial charge in [-0.25, -0.2) is 0 Å². The summed E-state index contributed by atoms with van der Waals surface area (Å²) < 4.78 is 5.28. The molecular weight excluding hydrogens is 254 g/mol. The monoisotopic (exact) mass is 273 g/mol. The minimum absolute atomic E-state index is 0.0768. The number of nitrogens with two attached hydrogens (primary N) is 1. The highest BCUT2D eigenvalue weighted by Gasteiger charge is 2.16. The van der Waals surface area contributed by atoms with Crippen LogP contribution in [-0.4, -0.2) is 44.1 Å². The van der Waals surface area contributed by atoms with Crippen molar-refractivity contribution in [2.75, 3.05) is 33.3 Å². The van der Waals surface area contributed by atoms with Crippen molar-refractivity contribution in [1.29, 1.82) is 0 Å². The van der Waals surface area contributed by atoms with Crippen molar-refractivity contribution < 1.29 is 9.53 Å². The zero-order chi connectivity index (χ0) is 14.4. The Kier molecular flexibility index (Phi) is 4.99. The lowest BCUT2D eigenvalue weighted by molar-refractivity contribution is -0.124. The number of nitrogens with one attached hydrogen (secondary N) is 1. The van der Waals surface area contributed by atoms with E-state index in [9.17, 15) is 4.79 Å². The van der Waals surface area contributed by atoms with Gasteiger partial charge in [0.1, 0.15) is 5.75 Å². The number of piperazine rings is 1. The molecule has 1 aromatic rings. The number of benzene rings is 1. The van der Waals surface area contributed by atoms with Gasteiger partial charge in [-0.1, -0.05) is 17.9 Å². The summed E-state index contributed by atoms with van der Waals surface area (Å²) in [5, 5.41) is 2.82. The summed E-state index contributed by atoms with van der Waals surface area (Å²) in [5.74, 6) is 6.67. The molecule has 2 rings (SSSR count). The zero-order valence-corrected chi connectivity index (χ0v) is 11.6. The largest absolute Gasteiger partial charge is 0.495 e. The van der Waals surface area contributed by atoms with E-state index in [1.807, 2.05) is 18.2 Å². The lowest BCUT2D eigenvalue weighted by atomic mass is 10.1. The molecule has 1 aromatic carbocycles. The molecule has 3 N–H and O–H groups in total. The molecule has 5 heteroatoms. The Balaban J connectivity index is 2.13. The molecule has 0 bridgehead atoms. The van der Waals surface area contributed by atoms with E-state index in [0.717, 1.165) is 30.0 Å². The average molecular weight is 273 g/mol. The molecule has 0 aliphatic carbocycles. The van der Waals surface area contributed by atoms with Crippen LogP contribution in [0, 0.1) is 11.8 Å². The van der Waals surface area contributed by atoms with Crippen LogP contribution in [-0.2, 0) is 11.3 Å². The number of amides is 1. The molecule has 1 fully saturated rings. The Morgan fingerprint density at radius 1 is 1.50 bits per heavy atom. The predicted octanol–water partition coefficient (Wildman–Crippen LogP) is -0.0628. The van der Waals surface area contributed by atoms with E-state index in [0.29, 0.717) is 19.6 Å². The van der Waals surface area contributed by atoms with Crippen molar-refractivity contribution in [1.82, 2.24) is 10.2 Å². The summed E-state index contributed by atoms with van der Waals surface area (Å²) >= 11 is 0. The summed E-state index contributed by atoms with van der Waals surface area (Å²) in [7, 11) is 1.62. The Bertz CT molecular complexity index is 546. The van der Waals surface area contributed by atoms with Gasteiger partial charge >= 0.3 is 0 Å². The molecule has 1 saturated heterocycles. The van der Waals surface area contributed by atoms with Crippen LogP contribution in [0.5, 0.6) is 5.75 Å². The molecule has 20 heavy (non-hydrogen) atoms. The third-order valence-corrected chi connectivity index (χ3v) is 3.11. The Morgan fingerprint density at radius 2 is 2.35 bits per heavy atom. The van der Waals surface area contributed by atoms with Crippen LogP contribution in [0.25, 0.3) is 0 Å². The Hall–Kier alpha value is -2.03. The zero-order valence-electron chi connectivity index (χ0n) is 11.6. The van der Waals surface area contributed by atoms with Gasteiger partial charge in [-0.3, -0.25) is 9.69 Å². The second-order valence-corrected chi connectivity index (χ2v) is 4.60. The van der Waals surface area contributed by atoms with Gasteiger partial charge in [-0.05, 0) is 17.7 Å². The van der Waals surface area contributed by atoms with Gasteiger partial charge in [0.05, 0.1) is 25.8 Å². The summed E-state index contributed by atoms with van der Waals surface area (Å²) in [5.41, 5.74) is 7.35. The second-order valence-electron chi connectivity index (χ2n) is 4.60. The maximum Gasteiger partial charge on any atom is 0.234 e. The topological polar surface area (TPSA) is 67.6 Å². The van der Waals surface area contributed by atoms with Gasteiger partial charge in [-0.2, -0.15) is 0 Å². The number of hydrogen-bond acceptors (Lipinski definition) is 4. The van der Waals surface area contributed by atoms with Gasteiger partial charge < -0.3 is 15.8 Å². The predicted molar refractivity (Wildman–Crippen MR) is 77.2 cm³/mol. The normalized spacial score (nSPS) is 15.2. The highest BCUT2D eigenvalue weighted by atomic mass is 16.5. The quantitative estimate of drug-likeness (QED) is 0.757. The van der Waals surface area contributed by atoms with Crippen molar-refractivity contribution in [3.8, 4) is 17.6 Å². The van der Waals surface area contributed by atoms with Crippen molar-refractivity contribution in [3.63, 3.8) is 0 Å². The van der Waals surface area contributed by atoms with Crippen molar-refractivity contribution >= 4 is 5.91 Å². The first kappa shape index (κ1) is 14.4. The third-order valence-electron chi connectivity index (χ3n) is 3.11. The van der Waals surface area contributed by atoms with Crippen molar-refractivity contribution in [2.24, 2.45) is 5.73 Å². The molecule has 0 unspecified atom stereocenters. The molecule has 1 aliphatic heterocycles. The second kappa shape index (κ2) is 6.94. The first-order valence-electron chi connectivity index (χ1n) is 6.58. The molecular formula is C15H19N3O2. The Labute approximate surface area is 119 Å². The fourth-order valence-corrected chi connectivity index (χ4v) is 2.18. The van der Waals surface area contributed by atoms with Crippen LogP contribution >= 0.6 is 0 Å². The van der Waals surface area contributed by atoms with E-state index in [1.165, 1.54) is 0 Å². The van der Waals surface area contributed by atoms with Gasteiger partial charge in [0.25, 0.3) is 0 Å². The van der Waals surface area contributed by atoms with E-state index < -0.39 is 0 Å². The number of nitrogens with zero attached hydrogens (tertiary/aromatic N) is 1. The van der Waals surface area contributed by atoms with E-state index in [-0.39, 0.29) is 5.91 Å². The molecule has 0 aromatic heterocycles. The van der Waals surface area contributed by atoms with Gasteiger partial charge in [0, 0.05) is 19.6 Å². The van der Waals surface area contributed by atoms with Crippen LogP contribution in [0.2, 0.25) is 0 Å². The molecule has 1 amide bonds. The molecule has 0 atom stereocenters. The lowest BCUT2D eigenvalue weighted by Crippen LogP contribution is -2.47. The van der Waals surface area contributed by atoms with Gasteiger partial charge in [-0.15, -0.1) is 0 Å². The maximum atomic E-state index is 11.4. The number of carbonyl (C=O) groups excluding carboxylic acids is 1. The molecule has 0 radical (unpaired) electrons. The first-order valence-corrected chi connectivity index (χ1v) is 6.58. The molecule has 106 valence electrons. The van der Waals surface area contributed by atoms with Crippen LogP contribution in [0.4, 0.5) is 0 Å². The number of ether oxygens (including phenoxy) is 1. The minimum atomic E-state index is 0.0768. The lowest BCUT2D eigenvalue weighted by Gasteiger charge is -2.26. The molecule has 5 nitrogen and oxygen atoms in total. The van der Waals surface area contributed by atoms with Crippen molar-refractivity contribution in [3.05, 3.63) is 29.3 Å². The summed E-state index contributed by atoms with van der Waals surface area (Å²) in [6.07, 6.45) is 0. The van der Waals surface area contributed by atoms with Gasteiger partial charge in [0.15, 0.2) is 0 Å². The van der Waals surface area contributed by atoms with Crippen molar-refractivity contribution in [2.45, 2.75) is 6.54 Å². The fraction of sp³-hybridized carbons (Fsp3) is 0.400. The average Bonchev–Trinajstić information content (AvgIpc) is 2.45. The highest BCUT2D eigenvalue weighted by Crippen LogP contribution is 2.20. The smallest absolute Gasteiger partial charge is 0.234 e.